The van der Waals surface area contributed by atoms with Crippen molar-refractivity contribution in [2.75, 3.05) is 26.9 Å². The lowest BCUT2D eigenvalue weighted by Gasteiger charge is -2.45. The lowest BCUT2D eigenvalue weighted by Crippen LogP contribution is -2.65. The zero-order valence-electron chi connectivity index (χ0n) is 26.6. The summed E-state index contributed by atoms with van der Waals surface area (Å²) >= 11 is 0. The fraction of sp³-hybridized carbons (Fsp3) is 0.567. The summed E-state index contributed by atoms with van der Waals surface area (Å²) in [7, 11) is 1.33. The van der Waals surface area contributed by atoms with Crippen molar-refractivity contribution in [3.63, 3.8) is 0 Å². The molecule has 4 N–H and O–H groups in total. The highest BCUT2D eigenvalue weighted by atomic mass is 16.8. The van der Waals surface area contributed by atoms with E-state index >= 15 is 0 Å². The maximum atomic E-state index is 13.1. The molecule has 0 aromatic heterocycles. The number of phenolic OH excluding ortho intramolecular Hbond substituents is 1. The minimum absolute atomic E-state index is 0.115. The van der Waals surface area contributed by atoms with Crippen molar-refractivity contribution in [2.24, 2.45) is 0 Å². The van der Waals surface area contributed by atoms with Crippen LogP contribution in [0.4, 0.5) is 0 Å². The van der Waals surface area contributed by atoms with Crippen LogP contribution in [-0.2, 0) is 61.9 Å². The molecule has 2 heterocycles. The van der Waals surface area contributed by atoms with Gasteiger partial charge in [-0.15, -0.1) is 0 Å². The first-order valence-corrected chi connectivity index (χ1v) is 14.5. The number of esters is 5. The van der Waals surface area contributed by atoms with E-state index in [1.807, 2.05) is 0 Å². The van der Waals surface area contributed by atoms with E-state index < -0.39 is 104 Å². The standard InChI is InChI=1S/C30H38O18/c1-14(32)41-12-22-24(38)26(43-16(3)34)27(44-17(4)35)29(45-22)48-30(13-42-15(2)33)28(25(39)21(11-31)47-30)46-23(37)9-7-18-6-8-19(36)20(10-18)40-5/h6-10,21-22,24-29,31,36,38-39H,11-13H2,1-5H3/b9-7-/t21-,22-,24-,25-,26+,27-,28+,29-,30+/m1/s1. The molecule has 18 nitrogen and oxygen atoms in total. The number of carbonyl (C=O) groups is 5. The number of aromatic hydroxyl groups is 1. The molecule has 2 fully saturated rings. The van der Waals surface area contributed by atoms with Crippen LogP contribution in [0, 0.1) is 0 Å². The van der Waals surface area contributed by atoms with Gasteiger partial charge < -0.3 is 63.1 Å². The molecule has 1 aromatic rings. The summed E-state index contributed by atoms with van der Waals surface area (Å²) in [5.41, 5.74) is 0.397. The van der Waals surface area contributed by atoms with Crippen molar-refractivity contribution in [1.82, 2.24) is 0 Å². The third-order valence-electron chi connectivity index (χ3n) is 6.98. The molecule has 0 amide bonds. The monoisotopic (exact) mass is 686 g/mol. The summed E-state index contributed by atoms with van der Waals surface area (Å²) < 4.78 is 48.8. The number of phenols is 1. The van der Waals surface area contributed by atoms with Gasteiger partial charge in [0.05, 0.1) is 13.7 Å². The molecule has 0 radical (unpaired) electrons. The average molecular weight is 687 g/mol. The Morgan fingerprint density at radius 3 is 2.10 bits per heavy atom. The van der Waals surface area contributed by atoms with Gasteiger partial charge in [0, 0.05) is 33.8 Å². The minimum atomic E-state index is -2.50. The van der Waals surface area contributed by atoms with Gasteiger partial charge in [0.2, 0.25) is 12.1 Å². The van der Waals surface area contributed by atoms with Gasteiger partial charge in [-0.3, -0.25) is 19.2 Å². The molecule has 2 saturated heterocycles. The van der Waals surface area contributed by atoms with Crippen molar-refractivity contribution in [3.8, 4) is 11.5 Å². The first-order valence-electron chi connectivity index (χ1n) is 14.5. The number of rotatable bonds is 13. The van der Waals surface area contributed by atoms with E-state index in [-0.39, 0.29) is 11.5 Å². The van der Waals surface area contributed by atoms with Gasteiger partial charge in [-0.25, -0.2) is 4.79 Å². The fourth-order valence-corrected chi connectivity index (χ4v) is 4.89. The molecule has 2 aliphatic rings. The van der Waals surface area contributed by atoms with Crippen LogP contribution < -0.4 is 4.74 Å². The van der Waals surface area contributed by atoms with E-state index in [0.29, 0.717) is 5.56 Å². The van der Waals surface area contributed by atoms with Gasteiger partial charge in [-0.1, -0.05) is 6.07 Å². The Morgan fingerprint density at radius 2 is 1.52 bits per heavy atom. The molecule has 3 rings (SSSR count). The van der Waals surface area contributed by atoms with Crippen molar-refractivity contribution in [2.45, 2.75) is 82.5 Å². The van der Waals surface area contributed by atoms with Crippen LogP contribution in [0.1, 0.15) is 33.3 Å². The maximum Gasteiger partial charge on any atom is 0.331 e. The van der Waals surface area contributed by atoms with Gasteiger partial charge in [0.15, 0.2) is 29.8 Å². The van der Waals surface area contributed by atoms with Gasteiger partial charge >= 0.3 is 29.8 Å². The van der Waals surface area contributed by atoms with Crippen molar-refractivity contribution >= 4 is 35.9 Å². The molecule has 2 aliphatic heterocycles. The predicted molar refractivity (Wildman–Crippen MR) is 154 cm³/mol. The summed E-state index contributed by atoms with van der Waals surface area (Å²) in [4.78, 5) is 60.6. The second-order valence-corrected chi connectivity index (χ2v) is 10.6. The first-order chi connectivity index (χ1) is 22.6. The van der Waals surface area contributed by atoms with Crippen LogP contribution in [0.15, 0.2) is 24.3 Å². The Kier molecular flexibility index (Phi) is 13.2. The third kappa shape index (κ3) is 9.61. The molecular weight excluding hydrogens is 648 g/mol. The Bertz CT molecular complexity index is 1360. The lowest BCUT2D eigenvalue weighted by atomic mass is 9.98. The van der Waals surface area contributed by atoms with Crippen molar-refractivity contribution < 1.29 is 87.0 Å². The molecular formula is C30H38O18. The second-order valence-electron chi connectivity index (χ2n) is 10.6. The minimum Gasteiger partial charge on any atom is -0.504 e. The van der Waals surface area contributed by atoms with E-state index in [2.05, 4.69) is 0 Å². The topological polar surface area (TPSA) is 249 Å². The number of aliphatic hydroxyl groups excluding tert-OH is 3. The Morgan fingerprint density at radius 1 is 0.875 bits per heavy atom. The quantitative estimate of drug-likeness (QED) is 0.109. The molecule has 266 valence electrons. The number of hydrogen-bond acceptors (Lipinski definition) is 18. The number of ether oxygens (including phenoxy) is 9. The zero-order valence-corrected chi connectivity index (χ0v) is 26.6. The smallest absolute Gasteiger partial charge is 0.331 e. The van der Waals surface area contributed by atoms with Crippen molar-refractivity contribution in [1.29, 1.82) is 0 Å². The Balaban J connectivity index is 2.04. The van der Waals surface area contributed by atoms with Gasteiger partial charge in [-0.2, -0.15) is 0 Å². The summed E-state index contributed by atoms with van der Waals surface area (Å²) in [5, 5.41) is 41.8. The normalized spacial score (nSPS) is 29.9. The molecule has 1 aromatic carbocycles. The molecule has 48 heavy (non-hydrogen) atoms. The van der Waals surface area contributed by atoms with Crippen LogP contribution in [0.2, 0.25) is 0 Å². The highest BCUT2D eigenvalue weighted by Crippen LogP contribution is 2.40. The van der Waals surface area contributed by atoms with E-state index in [1.165, 1.54) is 31.4 Å². The van der Waals surface area contributed by atoms with E-state index in [4.69, 9.17) is 42.6 Å². The molecule has 0 bridgehead atoms. The lowest BCUT2D eigenvalue weighted by molar-refractivity contribution is -0.384. The van der Waals surface area contributed by atoms with E-state index in [9.17, 15) is 44.4 Å². The maximum absolute atomic E-state index is 13.1. The largest absolute Gasteiger partial charge is 0.504 e. The number of carbonyl (C=O) groups excluding carboxylic acids is 5. The van der Waals surface area contributed by atoms with Crippen LogP contribution in [0.25, 0.3) is 6.08 Å². The highest BCUT2D eigenvalue weighted by molar-refractivity contribution is 5.87. The van der Waals surface area contributed by atoms with Crippen LogP contribution in [-0.4, -0.2) is 132 Å². The molecule has 0 spiro atoms. The summed E-state index contributed by atoms with van der Waals surface area (Å²) in [5.74, 6) is -7.14. The van der Waals surface area contributed by atoms with E-state index in [1.54, 1.807) is 0 Å². The molecule has 18 heteroatoms. The van der Waals surface area contributed by atoms with Crippen LogP contribution >= 0.6 is 0 Å². The van der Waals surface area contributed by atoms with Gasteiger partial charge in [0.25, 0.3) is 0 Å². The number of benzene rings is 1. The number of hydrogen-bond donors (Lipinski definition) is 4. The summed E-state index contributed by atoms with van der Waals surface area (Å²) in [6.45, 7) is 1.74. The Labute approximate surface area is 273 Å². The van der Waals surface area contributed by atoms with Crippen LogP contribution in [0.3, 0.4) is 0 Å². The van der Waals surface area contributed by atoms with Gasteiger partial charge in [0.1, 0.15) is 37.6 Å². The molecule has 9 atom stereocenters. The first kappa shape index (κ1) is 38.1. The van der Waals surface area contributed by atoms with Crippen molar-refractivity contribution in [3.05, 3.63) is 29.8 Å². The highest BCUT2D eigenvalue weighted by Gasteiger charge is 2.62. The predicted octanol–water partition coefficient (Wildman–Crippen LogP) is -1.13. The van der Waals surface area contributed by atoms with E-state index in [0.717, 1.165) is 33.8 Å². The molecule has 0 unspecified atom stereocenters. The Hall–Kier alpha value is -4.33. The zero-order chi connectivity index (χ0) is 35.8. The average Bonchev–Trinajstić information content (AvgIpc) is 3.27. The summed E-state index contributed by atoms with van der Waals surface area (Å²) in [6, 6.07) is 4.19. The number of methoxy groups -OCH3 is 1. The fourth-order valence-electron chi connectivity index (χ4n) is 4.89. The second kappa shape index (κ2) is 16.7. The third-order valence-corrected chi connectivity index (χ3v) is 6.98. The molecule has 0 aliphatic carbocycles. The molecule has 0 saturated carbocycles. The van der Waals surface area contributed by atoms with Gasteiger partial charge in [-0.05, 0) is 23.8 Å². The number of aliphatic hydroxyl groups is 3. The summed E-state index contributed by atoms with van der Waals surface area (Å²) in [6.07, 6.45) is -11.6. The SMILES string of the molecule is COc1cc(/C=C\C(=O)O[C@H]2[C@H](O)[C@@H](CO)O[C@@]2(COC(C)=O)O[C@H]2O[C@H](COC(C)=O)[C@@H](O)[C@H](OC(C)=O)[C@H]2OC(C)=O)ccc1O. The van der Waals surface area contributed by atoms with Crippen LogP contribution in [0.5, 0.6) is 11.5 Å².